The summed E-state index contributed by atoms with van der Waals surface area (Å²) in [7, 11) is 0. The summed E-state index contributed by atoms with van der Waals surface area (Å²) in [5.41, 5.74) is 0.990. The lowest BCUT2D eigenvalue weighted by molar-refractivity contribution is -0.137. The fourth-order valence-electron chi connectivity index (χ4n) is 2.79. The van der Waals surface area contributed by atoms with E-state index in [2.05, 4.69) is 10.2 Å². The van der Waals surface area contributed by atoms with Gasteiger partial charge in [0.25, 0.3) is 0 Å². The highest BCUT2D eigenvalue weighted by molar-refractivity contribution is 5.75. The van der Waals surface area contributed by atoms with Gasteiger partial charge in [-0.15, -0.1) is 0 Å². The number of nitrogens with one attached hydrogen (secondary N) is 1. The highest BCUT2D eigenvalue weighted by Crippen LogP contribution is 2.50. The van der Waals surface area contributed by atoms with Crippen LogP contribution in [-0.2, 0) is 6.18 Å². The summed E-state index contributed by atoms with van der Waals surface area (Å²) in [6.45, 7) is 3.57. The Morgan fingerprint density at radius 1 is 1.33 bits per heavy atom. The summed E-state index contributed by atoms with van der Waals surface area (Å²) in [5, 5.41) is 3.25. The van der Waals surface area contributed by atoms with E-state index in [0.717, 1.165) is 37.7 Å². The number of nitrogens with zero attached hydrogens (tertiary/aromatic N) is 1. The predicted octanol–water partition coefficient (Wildman–Crippen LogP) is 3.49. The third-order valence-electron chi connectivity index (χ3n) is 3.94. The number of anilines is 2. The number of rotatable bonds is 1. The summed E-state index contributed by atoms with van der Waals surface area (Å²) < 4.78 is 38.3. The van der Waals surface area contributed by atoms with E-state index < -0.39 is 11.7 Å². The molecule has 5 heteroatoms. The zero-order valence-electron chi connectivity index (χ0n) is 10.1. The van der Waals surface area contributed by atoms with Crippen LogP contribution in [-0.4, -0.2) is 18.6 Å². The van der Waals surface area contributed by atoms with Gasteiger partial charge in [-0.2, -0.15) is 13.2 Å². The normalized spacial score (nSPS) is 20.6. The van der Waals surface area contributed by atoms with Gasteiger partial charge < -0.3 is 10.2 Å². The zero-order valence-corrected chi connectivity index (χ0v) is 10.1. The Morgan fingerprint density at radius 2 is 2.06 bits per heavy atom. The van der Waals surface area contributed by atoms with Gasteiger partial charge in [-0.05, 0) is 38.0 Å². The largest absolute Gasteiger partial charge is 0.416 e. The molecule has 1 N–H and O–H groups in total. The second kappa shape index (κ2) is 3.56. The maximum atomic E-state index is 12.8. The molecule has 1 aliphatic carbocycles. The third kappa shape index (κ3) is 1.64. The molecule has 0 saturated heterocycles. The molecule has 1 saturated carbocycles. The second-order valence-corrected chi connectivity index (χ2v) is 5.05. The number of halogens is 3. The monoisotopic (exact) mass is 256 g/mol. The van der Waals surface area contributed by atoms with Crippen LogP contribution in [0.5, 0.6) is 0 Å². The van der Waals surface area contributed by atoms with E-state index >= 15 is 0 Å². The topological polar surface area (TPSA) is 15.3 Å². The number of benzene rings is 1. The van der Waals surface area contributed by atoms with E-state index in [1.165, 1.54) is 12.1 Å². The first-order valence-electron chi connectivity index (χ1n) is 6.19. The fourth-order valence-corrected chi connectivity index (χ4v) is 2.79. The van der Waals surface area contributed by atoms with Crippen molar-refractivity contribution in [3.05, 3.63) is 23.8 Å². The van der Waals surface area contributed by atoms with Crippen LogP contribution in [0.1, 0.15) is 25.3 Å². The molecule has 0 unspecified atom stereocenters. The minimum Gasteiger partial charge on any atom is -0.381 e. The van der Waals surface area contributed by atoms with Gasteiger partial charge in [0.15, 0.2) is 0 Å². The van der Waals surface area contributed by atoms with Crippen molar-refractivity contribution in [3.63, 3.8) is 0 Å². The van der Waals surface area contributed by atoms with E-state index in [1.54, 1.807) is 0 Å². The lowest BCUT2D eigenvalue weighted by Crippen LogP contribution is -2.46. The van der Waals surface area contributed by atoms with E-state index in [-0.39, 0.29) is 5.54 Å². The van der Waals surface area contributed by atoms with Crippen LogP contribution in [0, 0.1) is 0 Å². The average molecular weight is 256 g/mol. The quantitative estimate of drug-likeness (QED) is 0.827. The Labute approximate surface area is 104 Å². The van der Waals surface area contributed by atoms with Gasteiger partial charge in [-0.1, -0.05) is 0 Å². The molecule has 0 bridgehead atoms. The SMILES string of the molecule is CCN1c2cc(C(F)(F)F)ccc2NCC12CC2. The van der Waals surface area contributed by atoms with Gasteiger partial charge in [-0.25, -0.2) is 0 Å². The van der Waals surface area contributed by atoms with E-state index in [9.17, 15) is 13.2 Å². The maximum Gasteiger partial charge on any atom is 0.416 e. The minimum absolute atomic E-state index is 0.0615. The van der Waals surface area contributed by atoms with Crippen LogP contribution in [0.3, 0.4) is 0 Å². The Kier molecular flexibility index (Phi) is 2.31. The molecule has 1 fully saturated rings. The van der Waals surface area contributed by atoms with Crippen LogP contribution < -0.4 is 10.2 Å². The van der Waals surface area contributed by atoms with E-state index in [1.807, 2.05) is 6.92 Å². The molecule has 1 aromatic rings. The molecule has 3 rings (SSSR count). The number of hydrogen-bond acceptors (Lipinski definition) is 2. The molecule has 0 radical (unpaired) electrons. The Morgan fingerprint density at radius 3 is 2.61 bits per heavy atom. The summed E-state index contributed by atoms with van der Waals surface area (Å²) in [6.07, 6.45) is -2.16. The third-order valence-corrected chi connectivity index (χ3v) is 3.94. The molecule has 98 valence electrons. The van der Waals surface area contributed by atoms with Gasteiger partial charge in [0.1, 0.15) is 0 Å². The number of likely N-dealkylation sites (N-methyl/N-ethyl adjacent to an activating group) is 1. The van der Waals surface area contributed by atoms with Crippen molar-refractivity contribution in [1.29, 1.82) is 0 Å². The van der Waals surface area contributed by atoms with Gasteiger partial charge in [-0.3, -0.25) is 0 Å². The van der Waals surface area contributed by atoms with E-state index in [4.69, 9.17) is 0 Å². The van der Waals surface area contributed by atoms with Crippen LogP contribution in [0.15, 0.2) is 18.2 Å². The van der Waals surface area contributed by atoms with Crippen molar-refractivity contribution in [1.82, 2.24) is 0 Å². The average Bonchev–Trinajstić information content (AvgIpc) is 3.08. The maximum absolute atomic E-state index is 12.8. The van der Waals surface area contributed by atoms with Crippen LogP contribution >= 0.6 is 0 Å². The molecule has 1 aromatic carbocycles. The fraction of sp³-hybridized carbons (Fsp3) is 0.538. The first-order valence-corrected chi connectivity index (χ1v) is 6.19. The molecule has 2 aliphatic rings. The number of hydrogen-bond donors (Lipinski definition) is 1. The molecule has 0 atom stereocenters. The molecule has 1 spiro atoms. The molecule has 0 amide bonds. The van der Waals surface area contributed by atoms with Crippen LogP contribution in [0.2, 0.25) is 0 Å². The van der Waals surface area contributed by atoms with Gasteiger partial charge in [0.2, 0.25) is 0 Å². The lowest BCUT2D eigenvalue weighted by atomic mass is 10.0. The minimum atomic E-state index is -4.28. The second-order valence-electron chi connectivity index (χ2n) is 5.05. The lowest BCUT2D eigenvalue weighted by Gasteiger charge is -2.40. The smallest absolute Gasteiger partial charge is 0.381 e. The van der Waals surface area contributed by atoms with Crippen molar-refractivity contribution in [3.8, 4) is 0 Å². The van der Waals surface area contributed by atoms with Crippen molar-refractivity contribution < 1.29 is 13.2 Å². The summed E-state index contributed by atoms with van der Waals surface area (Å²) >= 11 is 0. The van der Waals surface area contributed by atoms with Gasteiger partial charge in [0.05, 0.1) is 22.5 Å². The molecule has 1 aliphatic heterocycles. The van der Waals surface area contributed by atoms with E-state index in [0.29, 0.717) is 5.69 Å². The van der Waals surface area contributed by atoms with Crippen molar-refractivity contribution >= 4 is 11.4 Å². The molecule has 18 heavy (non-hydrogen) atoms. The molecular formula is C13H15F3N2. The first kappa shape index (κ1) is 11.7. The first-order chi connectivity index (χ1) is 8.46. The molecule has 1 heterocycles. The van der Waals surface area contributed by atoms with Gasteiger partial charge in [0, 0.05) is 13.1 Å². The molecule has 2 nitrogen and oxygen atoms in total. The van der Waals surface area contributed by atoms with Crippen molar-refractivity contribution in [2.24, 2.45) is 0 Å². The predicted molar refractivity (Wildman–Crippen MR) is 64.9 cm³/mol. The molecule has 0 aromatic heterocycles. The molecular weight excluding hydrogens is 241 g/mol. The highest BCUT2D eigenvalue weighted by Gasteiger charge is 2.50. The van der Waals surface area contributed by atoms with Crippen LogP contribution in [0.4, 0.5) is 24.5 Å². The number of fused-ring (bicyclic) bond motifs is 1. The summed E-state index contributed by atoms with van der Waals surface area (Å²) in [5.74, 6) is 0. The Balaban J connectivity index is 2.06. The van der Waals surface area contributed by atoms with Crippen molar-refractivity contribution in [2.45, 2.75) is 31.5 Å². The standard InChI is InChI=1S/C13H15F3N2/c1-2-18-11-7-9(13(14,15)16)3-4-10(11)17-8-12(18)5-6-12/h3-4,7,17H,2,5-6,8H2,1H3. The van der Waals surface area contributed by atoms with Gasteiger partial charge >= 0.3 is 6.18 Å². The Bertz CT molecular complexity index is 478. The highest BCUT2D eigenvalue weighted by atomic mass is 19.4. The number of alkyl halides is 3. The van der Waals surface area contributed by atoms with Crippen molar-refractivity contribution in [2.75, 3.05) is 23.3 Å². The van der Waals surface area contributed by atoms with Crippen LogP contribution in [0.25, 0.3) is 0 Å². The zero-order chi connectivity index (χ0) is 13.0. The summed E-state index contributed by atoms with van der Waals surface area (Å²) in [6, 6.07) is 3.95. The summed E-state index contributed by atoms with van der Waals surface area (Å²) in [4.78, 5) is 2.12. The Hall–Kier alpha value is -1.39.